The second kappa shape index (κ2) is 5.00. The van der Waals surface area contributed by atoms with Crippen molar-refractivity contribution < 1.29 is 0 Å². The van der Waals surface area contributed by atoms with Crippen LogP contribution in [-0.4, -0.2) is 9.97 Å². The summed E-state index contributed by atoms with van der Waals surface area (Å²) in [4.78, 5) is 9.51. The smallest absolute Gasteiger partial charge is 0.223 e. The normalized spacial score (nSPS) is 11.8. The summed E-state index contributed by atoms with van der Waals surface area (Å²) in [7, 11) is 0. The summed E-state index contributed by atoms with van der Waals surface area (Å²) in [5.41, 5.74) is 8.15. The maximum Gasteiger partial charge on any atom is 0.223 e. The molecule has 0 aliphatic rings. The van der Waals surface area contributed by atoms with Crippen LogP contribution in [0, 0.1) is 0 Å². The molecule has 0 aliphatic carbocycles. The van der Waals surface area contributed by atoms with Crippen LogP contribution in [-0.2, 0) is 5.41 Å². The van der Waals surface area contributed by atoms with Crippen molar-refractivity contribution in [1.29, 1.82) is 0 Å². The number of fused-ring (bicyclic) bond motifs is 1. The first kappa shape index (κ1) is 13.8. The number of nitrogens with zero attached hydrogens (tertiary/aromatic N) is 2. The number of aromatic nitrogens is 2. The van der Waals surface area contributed by atoms with Crippen molar-refractivity contribution in [3.63, 3.8) is 0 Å². The van der Waals surface area contributed by atoms with Gasteiger partial charge in [0.05, 0.1) is 5.39 Å². The van der Waals surface area contributed by atoms with E-state index in [4.69, 9.17) is 5.73 Å². The third-order valence-corrected chi connectivity index (χ3v) is 4.14. The third kappa shape index (κ3) is 2.69. The Bertz CT molecular complexity index is 786. The first-order valence-electron chi connectivity index (χ1n) is 6.82. The summed E-state index contributed by atoms with van der Waals surface area (Å²) in [6.07, 6.45) is 0. The molecule has 21 heavy (non-hydrogen) atoms. The van der Waals surface area contributed by atoms with Crippen LogP contribution in [0.5, 0.6) is 0 Å². The molecule has 3 N–H and O–H groups in total. The lowest BCUT2D eigenvalue weighted by atomic mass is 9.86. The van der Waals surface area contributed by atoms with Gasteiger partial charge in [-0.05, 0) is 28.5 Å². The lowest BCUT2D eigenvalue weighted by molar-refractivity contribution is 0.592. The molecule has 5 heteroatoms. The summed E-state index contributed by atoms with van der Waals surface area (Å²) < 4.78 is 0. The van der Waals surface area contributed by atoms with Crippen molar-refractivity contribution in [2.75, 3.05) is 11.1 Å². The third-order valence-electron chi connectivity index (χ3n) is 3.33. The van der Waals surface area contributed by atoms with E-state index in [9.17, 15) is 0 Å². The van der Waals surface area contributed by atoms with Crippen LogP contribution in [0.25, 0.3) is 10.2 Å². The first-order chi connectivity index (χ1) is 9.95. The standard InChI is InChI=1S/C16H18N4S/c1-16(2,3)11-6-4-5-7-12(11)18-13-10-8-9-21-14(10)20-15(17)19-13/h4-9H,1-3H3,(H3,17,18,19,20). The zero-order chi connectivity index (χ0) is 15.0. The highest BCUT2D eigenvalue weighted by atomic mass is 32.1. The monoisotopic (exact) mass is 298 g/mol. The van der Waals surface area contributed by atoms with Gasteiger partial charge in [-0.25, -0.2) is 4.98 Å². The summed E-state index contributed by atoms with van der Waals surface area (Å²) in [6.45, 7) is 6.59. The van der Waals surface area contributed by atoms with Gasteiger partial charge in [0.25, 0.3) is 0 Å². The molecule has 0 atom stereocenters. The second-order valence-corrected chi connectivity index (χ2v) is 6.88. The number of anilines is 3. The summed E-state index contributed by atoms with van der Waals surface area (Å²) in [5.74, 6) is 1.05. The molecule has 0 unspecified atom stereocenters. The van der Waals surface area contributed by atoms with Crippen LogP contribution in [0.1, 0.15) is 26.3 Å². The summed E-state index contributed by atoms with van der Waals surface area (Å²) >= 11 is 1.56. The second-order valence-electron chi connectivity index (χ2n) is 5.99. The molecule has 0 saturated carbocycles. The van der Waals surface area contributed by atoms with Gasteiger partial charge in [-0.2, -0.15) is 4.98 Å². The molecule has 0 radical (unpaired) electrons. The Hall–Kier alpha value is -2.14. The number of benzene rings is 1. The number of nitrogens with one attached hydrogen (secondary N) is 1. The highest BCUT2D eigenvalue weighted by Gasteiger charge is 2.18. The molecule has 0 spiro atoms. The maximum atomic E-state index is 5.81. The Morgan fingerprint density at radius 1 is 1.10 bits per heavy atom. The van der Waals surface area contributed by atoms with Crippen LogP contribution >= 0.6 is 11.3 Å². The van der Waals surface area contributed by atoms with E-state index in [2.05, 4.69) is 54.3 Å². The Balaban J connectivity index is 2.09. The number of thiophene rings is 1. The van der Waals surface area contributed by atoms with Crippen LogP contribution < -0.4 is 11.1 Å². The fraction of sp³-hybridized carbons (Fsp3) is 0.250. The van der Waals surface area contributed by atoms with Crippen LogP contribution in [0.2, 0.25) is 0 Å². The van der Waals surface area contributed by atoms with Crippen molar-refractivity contribution in [3.8, 4) is 0 Å². The molecule has 0 fully saturated rings. The van der Waals surface area contributed by atoms with Gasteiger partial charge in [0.2, 0.25) is 5.95 Å². The molecular weight excluding hydrogens is 280 g/mol. The minimum atomic E-state index is 0.0515. The number of nitrogens with two attached hydrogens (primary N) is 1. The fourth-order valence-corrected chi connectivity index (χ4v) is 3.11. The lowest BCUT2D eigenvalue weighted by Crippen LogP contribution is -2.14. The van der Waals surface area contributed by atoms with Crippen LogP contribution in [0.3, 0.4) is 0 Å². The fourth-order valence-electron chi connectivity index (χ4n) is 2.34. The molecule has 3 rings (SSSR count). The van der Waals surface area contributed by atoms with Crippen LogP contribution in [0.15, 0.2) is 35.7 Å². The van der Waals surface area contributed by atoms with Gasteiger partial charge in [-0.1, -0.05) is 39.0 Å². The van der Waals surface area contributed by atoms with Crippen molar-refractivity contribution in [2.24, 2.45) is 0 Å². The topological polar surface area (TPSA) is 63.8 Å². The van der Waals surface area contributed by atoms with E-state index >= 15 is 0 Å². The van der Waals surface area contributed by atoms with Crippen molar-refractivity contribution in [3.05, 3.63) is 41.3 Å². The molecular formula is C16H18N4S. The highest BCUT2D eigenvalue weighted by Crippen LogP contribution is 2.33. The van der Waals surface area contributed by atoms with Crippen molar-refractivity contribution in [1.82, 2.24) is 9.97 Å². The number of hydrogen-bond donors (Lipinski definition) is 2. The molecule has 1 aromatic carbocycles. The first-order valence-corrected chi connectivity index (χ1v) is 7.70. The van der Waals surface area contributed by atoms with E-state index in [1.807, 2.05) is 17.5 Å². The quantitative estimate of drug-likeness (QED) is 0.739. The molecule has 2 aromatic heterocycles. The molecule has 0 amide bonds. The van der Waals surface area contributed by atoms with E-state index in [0.29, 0.717) is 5.95 Å². The average Bonchev–Trinajstić information content (AvgIpc) is 2.86. The van der Waals surface area contributed by atoms with E-state index in [0.717, 1.165) is 21.7 Å². The SMILES string of the molecule is CC(C)(C)c1ccccc1Nc1nc(N)nc2sccc12. The van der Waals surface area contributed by atoms with E-state index in [1.165, 1.54) is 5.56 Å². The van der Waals surface area contributed by atoms with Crippen molar-refractivity contribution in [2.45, 2.75) is 26.2 Å². The lowest BCUT2D eigenvalue weighted by Gasteiger charge is -2.23. The minimum Gasteiger partial charge on any atom is -0.368 e. The Morgan fingerprint density at radius 3 is 2.62 bits per heavy atom. The largest absolute Gasteiger partial charge is 0.368 e. The predicted octanol–water partition coefficient (Wildman–Crippen LogP) is 4.31. The molecule has 108 valence electrons. The van der Waals surface area contributed by atoms with Gasteiger partial charge in [0.15, 0.2) is 0 Å². The number of nitrogen functional groups attached to an aromatic ring is 1. The number of hydrogen-bond acceptors (Lipinski definition) is 5. The van der Waals surface area contributed by atoms with E-state index in [1.54, 1.807) is 11.3 Å². The molecule has 4 nitrogen and oxygen atoms in total. The molecule has 0 saturated heterocycles. The summed E-state index contributed by atoms with van der Waals surface area (Å²) in [6, 6.07) is 10.3. The molecule has 3 aromatic rings. The van der Waals surface area contributed by atoms with Gasteiger partial charge in [-0.3, -0.25) is 0 Å². The van der Waals surface area contributed by atoms with Crippen LogP contribution in [0.4, 0.5) is 17.5 Å². The molecule has 2 heterocycles. The zero-order valence-electron chi connectivity index (χ0n) is 12.3. The average molecular weight is 298 g/mol. The molecule has 0 bridgehead atoms. The molecule has 0 aliphatic heterocycles. The van der Waals surface area contributed by atoms with Gasteiger partial charge >= 0.3 is 0 Å². The minimum absolute atomic E-state index is 0.0515. The van der Waals surface area contributed by atoms with Gasteiger partial charge in [0.1, 0.15) is 10.6 Å². The van der Waals surface area contributed by atoms with Crippen molar-refractivity contribution >= 4 is 39.0 Å². The van der Waals surface area contributed by atoms with E-state index in [-0.39, 0.29) is 5.41 Å². The van der Waals surface area contributed by atoms with Gasteiger partial charge in [0, 0.05) is 5.69 Å². The maximum absolute atomic E-state index is 5.81. The Morgan fingerprint density at radius 2 is 1.86 bits per heavy atom. The number of para-hydroxylation sites is 1. The van der Waals surface area contributed by atoms with Gasteiger partial charge in [-0.15, -0.1) is 11.3 Å². The zero-order valence-corrected chi connectivity index (χ0v) is 13.2. The van der Waals surface area contributed by atoms with E-state index < -0.39 is 0 Å². The Labute approximate surface area is 128 Å². The van der Waals surface area contributed by atoms with Gasteiger partial charge < -0.3 is 11.1 Å². The number of rotatable bonds is 2. The predicted molar refractivity (Wildman–Crippen MR) is 90.3 cm³/mol. The summed E-state index contributed by atoms with van der Waals surface area (Å²) in [5, 5.41) is 6.42. The Kier molecular flexibility index (Phi) is 3.29. The highest BCUT2D eigenvalue weighted by molar-refractivity contribution is 7.16.